The molecule has 0 unspecified atom stereocenters. The van der Waals surface area contributed by atoms with Crippen molar-refractivity contribution in [3.63, 3.8) is 0 Å². The van der Waals surface area contributed by atoms with Gasteiger partial charge < -0.3 is 10.3 Å². The lowest BCUT2D eigenvalue weighted by Crippen LogP contribution is -2.28. The standard InChI is InChI=1S/C17H15F2N3OS/c1-10(17-21-14-4-2-3-5-15(14)22-17)20-16(23)9-24-11-6-7-12(18)13(19)8-11/h2-8,10H,9H2,1H3,(H,20,23)(H,21,22)/t10-/m1/s1. The maximum Gasteiger partial charge on any atom is 0.230 e. The Morgan fingerprint density at radius 3 is 2.79 bits per heavy atom. The SMILES string of the molecule is C[C@@H](NC(=O)CSc1ccc(F)c(F)c1)c1nc2ccccc2[nH]1. The number of fused-ring (bicyclic) bond motifs is 1. The fourth-order valence-electron chi connectivity index (χ4n) is 2.24. The maximum atomic E-state index is 13.1. The fourth-order valence-corrected chi connectivity index (χ4v) is 2.98. The molecule has 7 heteroatoms. The third-order valence-corrected chi connectivity index (χ3v) is 4.45. The Bertz CT molecular complexity index is 848. The lowest BCUT2D eigenvalue weighted by molar-refractivity contribution is -0.119. The number of aromatic nitrogens is 2. The van der Waals surface area contributed by atoms with E-state index in [4.69, 9.17) is 0 Å². The zero-order chi connectivity index (χ0) is 17.1. The highest BCUT2D eigenvalue weighted by Crippen LogP contribution is 2.21. The number of nitrogens with zero attached hydrogens (tertiary/aromatic N) is 1. The topological polar surface area (TPSA) is 57.8 Å². The number of carbonyl (C=O) groups is 1. The smallest absolute Gasteiger partial charge is 0.230 e. The molecule has 0 saturated heterocycles. The van der Waals surface area contributed by atoms with E-state index < -0.39 is 11.6 Å². The summed E-state index contributed by atoms with van der Waals surface area (Å²) < 4.78 is 26.0. The number of rotatable bonds is 5. The average Bonchev–Trinajstić information content (AvgIpc) is 3.00. The molecule has 4 nitrogen and oxygen atoms in total. The van der Waals surface area contributed by atoms with E-state index >= 15 is 0 Å². The zero-order valence-electron chi connectivity index (χ0n) is 12.8. The van der Waals surface area contributed by atoms with E-state index in [9.17, 15) is 13.6 Å². The van der Waals surface area contributed by atoms with Crippen molar-refractivity contribution in [2.24, 2.45) is 0 Å². The Hall–Kier alpha value is -2.41. The van der Waals surface area contributed by atoms with Gasteiger partial charge in [0.2, 0.25) is 5.91 Å². The minimum Gasteiger partial charge on any atom is -0.346 e. The molecular formula is C17H15F2N3OS. The first-order chi connectivity index (χ1) is 11.5. The van der Waals surface area contributed by atoms with Gasteiger partial charge in [0.1, 0.15) is 5.82 Å². The summed E-state index contributed by atoms with van der Waals surface area (Å²) in [6.07, 6.45) is 0. The highest BCUT2D eigenvalue weighted by atomic mass is 32.2. The van der Waals surface area contributed by atoms with Crippen LogP contribution in [0.15, 0.2) is 47.4 Å². The molecule has 1 aromatic heterocycles. The molecule has 2 N–H and O–H groups in total. The van der Waals surface area contributed by atoms with E-state index in [1.807, 2.05) is 31.2 Å². The van der Waals surface area contributed by atoms with Crippen LogP contribution in [0.3, 0.4) is 0 Å². The quantitative estimate of drug-likeness (QED) is 0.690. The summed E-state index contributed by atoms with van der Waals surface area (Å²) in [5.74, 6) is -1.26. The maximum absolute atomic E-state index is 13.1. The van der Waals surface area contributed by atoms with Crippen molar-refractivity contribution in [1.82, 2.24) is 15.3 Å². The van der Waals surface area contributed by atoms with E-state index in [0.717, 1.165) is 34.9 Å². The first-order valence-corrected chi connectivity index (χ1v) is 8.33. The highest BCUT2D eigenvalue weighted by Gasteiger charge is 2.14. The van der Waals surface area contributed by atoms with Crippen LogP contribution in [0.1, 0.15) is 18.8 Å². The first-order valence-electron chi connectivity index (χ1n) is 7.35. The number of imidazole rings is 1. The second kappa shape index (κ2) is 7.00. The van der Waals surface area contributed by atoms with Crippen molar-refractivity contribution in [2.75, 3.05) is 5.75 Å². The van der Waals surface area contributed by atoms with Crippen molar-refractivity contribution < 1.29 is 13.6 Å². The van der Waals surface area contributed by atoms with Crippen molar-refractivity contribution in [1.29, 1.82) is 0 Å². The molecule has 3 rings (SSSR count). The molecule has 0 radical (unpaired) electrons. The molecule has 0 saturated carbocycles. The van der Waals surface area contributed by atoms with E-state index in [1.54, 1.807) is 0 Å². The van der Waals surface area contributed by atoms with Crippen LogP contribution in [0.5, 0.6) is 0 Å². The zero-order valence-corrected chi connectivity index (χ0v) is 13.7. The van der Waals surface area contributed by atoms with Gasteiger partial charge in [-0.05, 0) is 37.3 Å². The van der Waals surface area contributed by atoms with Crippen LogP contribution in [-0.4, -0.2) is 21.6 Å². The van der Waals surface area contributed by atoms with E-state index in [2.05, 4.69) is 15.3 Å². The molecule has 0 fully saturated rings. The number of carbonyl (C=O) groups excluding carboxylic acids is 1. The molecule has 24 heavy (non-hydrogen) atoms. The van der Waals surface area contributed by atoms with Gasteiger partial charge in [0.05, 0.1) is 22.8 Å². The summed E-state index contributed by atoms with van der Waals surface area (Å²) in [4.78, 5) is 20.1. The van der Waals surface area contributed by atoms with Crippen molar-refractivity contribution in [3.8, 4) is 0 Å². The Morgan fingerprint density at radius 1 is 1.25 bits per heavy atom. The number of halogens is 2. The number of hydrogen-bond donors (Lipinski definition) is 2. The summed E-state index contributed by atoms with van der Waals surface area (Å²) >= 11 is 1.14. The van der Waals surface area contributed by atoms with Gasteiger partial charge in [-0.1, -0.05) is 12.1 Å². The number of nitrogens with one attached hydrogen (secondary N) is 2. The summed E-state index contributed by atoms with van der Waals surface area (Å²) in [7, 11) is 0. The van der Waals surface area contributed by atoms with Gasteiger partial charge in [-0.25, -0.2) is 13.8 Å². The third kappa shape index (κ3) is 3.73. The first kappa shape index (κ1) is 16.4. The van der Waals surface area contributed by atoms with Crippen LogP contribution in [0.25, 0.3) is 11.0 Å². The normalized spacial score (nSPS) is 12.3. The summed E-state index contributed by atoms with van der Waals surface area (Å²) in [5, 5.41) is 2.83. The Balaban J connectivity index is 1.58. The van der Waals surface area contributed by atoms with Crippen LogP contribution in [0.2, 0.25) is 0 Å². The largest absolute Gasteiger partial charge is 0.346 e. The van der Waals surface area contributed by atoms with Crippen molar-refractivity contribution >= 4 is 28.7 Å². The van der Waals surface area contributed by atoms with Gasteiger partial charge in [0.15, 0.2) is 11.6 Å². The van der Waals surface area contributed by atoms with Gasteiger partial charge in [0, 0.05) is 4.90 Å². The van der Waals surface area contributed by atoms with Crippen molar-refractivity contribution in [3.05, 3.63) is 59.9 Å². The van der Waals surface area contributed by atoms with Gasteiger partial charge in [-0.2, -0.15) is 0 Å². The molecule has 1 atom stereocenters. The molecule has 0 aliphatic rings. The number of thioether (sulfide) groups is 1. The molecule has 0 spiro atoms. The van der Waals surface area contributed by atoms with Crippen LogP contribution in [0.4, 0.5) is 8.78 Å². The Kier molecular flexibility index (Phi) is 4.80. The van der Waals surface area contributed by atoms with Crippen LogP contribution in [-0.2, 0) is 4.79 Å². The number of hydrogen-bond acceptors (Lipinski definition) is 3. The van der Waals surface area contributed by atoms with Crippen molar-refractivity contribution in [2.45, 2.75) is 17.9 Å². The molecule has 124 valence electrons. The summed E-state index contributed by atoms with van der Waals surface area (Å²) in [6.45, 7) is 1.83. The van der Waals surface area contributed by atoms with Gasteiger partial charge in [-0.15, -0.1) is 11.8 Å². The van der Waals surface area contributed by atoms with Gasteiger partial charge >= 0.3 is 0 Å². The van der Waals surface area contributed by atoms with Crippen LogP contribution < -0.4 is 5.32 Å². The molecule has 3 aromatic rings. The number of amides is 1. The minimum absolute atomic E-state index is 0.107. The van der Waals surface area contributed by atoms with E-state index in [0.29, 0.717) is 10.7 Å². The highest BCUT2D eigenvalue weighted by molar-refractivity contribution is 8.00. The number of aromatic amines is 1. The Labute approximate surface area is 141 Å². The lowest BCUT2D eigenvalue weighted by Gasteiger charge is -2.11. The predicted octanol–water partition coefficient (Wildman–Crippen LogP) is 3.81. The van der Waals surface area contributed by atoms with Gasteiger partial charge in [-0.3, -0.25) is 4.79 Å². The van der Waals surface area contributed by atoms with Crippen LogP contribution in [0, 0.1) is 11.6 Å². The number of H-pyrrole nitrogens is 1. The fraction of sp³-hybridized carbons (Fsp3) is 0.176. The number of benzene rings is 2. The molecule has 1 heterocycles. The second-order valence-electron chi connectivity index (χ2n) is 5.29. The summed E-state index contributed by atoms with van der Waals surface area (Å²) in [6, 6.07) is 10.9. The lowest BCUT2D eigenvalue weighted by atomic mass is 10.3. The molecule has 0 aliphatic carbocycles. The minimum atomic E-state index is -0.920. The van der Waals surface area contributed by atoms with E-state index in [-0.39, 0.29) is 17.7 Å². The summed E-state index contributed by atoms with van der Waals surface area (Å²) in [5.41, 5.74) is 1.74. The Morgan fingerprint density at radius 2 is 2.04 bits per heavy atom. The predicted molar refractivity (Wildman–Crippen MR) is 89.7 cm³/mol. The molecule has 0 bridgehead atoms. The second-order valence-corrected chi connectivity index (χ2v) is 6.34. The van der Waals surface area contributed by atoms with Gasteiger partial charge in [0.25, 0.3) is 0 Å². The molecule has 0 aliphatic heterocycles. The van der Waals surface area contributed by atoms with Crippen LogP contribution >= 0.6 is 11.8 Å². The molecular weight excluding hydrogens is 332 g/mol. The average molecular weight is 347 g/mol. The monoisotopic (exact) mass is 347 g/mol. The molecule has 1 amide bonds. The van der Waals surface area contributed by atoms with E-state index in [1.165, 1.54) is 6.07 Å². The third-order valence-electron chi connectivity index (χ3n) is 3.46. The molecule has 2 aromatic carbocycles. The number of para-hydroxylation sites is 2.